The van der Waals surface area contributed by atoms with Crippen LogP contribution < -0.4 is 14.8 Å². The van der Waals surface area contributed by atoms with Crippen molar-refractivity contribution in [3.05, 3.63) is 89.3 Å². The summed E-state index contributed by atoms with van der Waals surface area (Å²) in [4.78, 5) is 31.0. The SMILES string of the molecule is CCCc1sc(NC(=O)CCC(=O)c2ccc(Oc3ccccc3)cc2)nc1-c1ccc(OCC)cc1. The second-order valence-electron chi connectivity index (χ2n) is 8.41. The van der Waals surface area contributed by atoms with Crippen LogP contribution >= 0.6 is 11.3 Å². The number of ketones is 1. The van der Waals surface area contributed by atoms with Crippen molar-refractivity contribution >= 4 is 28.2 Å². The van der Waals surface area contributed by atoms with Gasteiger partial charge < -0.3 is 14.8 Å². The third-order valence-corrected chi connectivity index (χ3v) is 6.62. The first-order chi connectivity index (χ1) is 18.1. The van der Waals surface area contributed by atoms with Gasteiger partial charge in [0.2, 0.25) is 5.91 Å². The number of hydrogen-bond acceptors (Lipinski definition) is 6. The number of amides is 1. The molecule has 4 rings (SSSR count). The van der Waals surface area contributed by atoms with Crippen LogP contribution in [0.15, 0.2) is 78.9 Å². The first-order valence-electron chi connectivity index (χ1n) is 12.4. The largest absolute Gasteiger partial charge is 0.494 e. The van der Waals surface area contributed by atoms with Gasteiger partial charge in [-0.25, -0.2) is 4.98 Å². The minimum absolute atomic E-state index is 0.0855. The van der Waals surface area contributed by atoms with Crippen molar-refractivity contribution in [3.63, 3.8) is 0 Å². The molecule has 3 aromatic carbocycles. The van der Waals surface area contributed by atoms with Crippen molar-refractivity contribution in [2.45, 2.75) is 39.5 Å². The number of aromatic nitrogens is 1. The molecule has 190 valence electrons. The lowest BCUT2D eigenvalue weighted by Gasteiger charge is -2.06. The van der Waals surface area contributed by atoms with Crippen LogP contribution in [0, 0.1) is 0 Å². The monoisotopic (exact) mass is 514 g/mol. The van der Waals surface area contributed by atoms with Crippen molar-refractivity contribution < 1.29 is 19.1 Å². The van der Waals surface area contributed by atoms with Crippen molar-refractivity contribution in [1.29, 1.82) is 0 Å². The zero-order chi connectivity index (χ0) is 26.0. The molecule has 0 radical (unpaired) electrons. The molecule has 1 amide bonds. The number of para-hydroxylation sites is 1. The predicted octanol–water partition coefficient (Wildman–Crippen LogP) is 7.56. The van der Waals surface area contributed by atoms with Crippen molar-refractivity contribution in [1.82, 2.24) is 4.98 Å². The molecule has 7 heteroatoms. The maximum Gasteiger partial charge on any atom is 0.226 e. The third-order valence-electron chi connectivity index (χ3n) is 5.59. The van der Waals surface area contributed by atoms with Gasteiger partial charge in [-0.15, -0.1) is 11.3 Å². The molecule has 0 bridgehead atoms. The van der Waals surface area contributed by atoms with E-state index in [2.05, 4.69) is 12.2 Å². The summed E-state index contributed by atoms with van der Waals surface area (Å²) in [6.45, 7) is 4.68. The molecule has 0 saturated carbocycles. The molecule has 4 aromatic rings. The maximum atomic E-state index is 12.6. The summed E-state index contributed by atoms with van der Waals surface area (Å²) in [5, 5.41) is 3.43. The second kappa shape index (κ2) is 12.8. The molecule has 0 atom stereocenters. The van der Waals surface area contributed by atoms with Crippen LogP contribution in [0.2, 0.25) is 0 Å². The Balaban J connectivity index is 1.33. The fraction of sp³-hybridized carbons (Fsp3) is 0.233. The first-order valence-corrected chi connectivity index (χ1v) is 13.3. The molecule has 0 saturated heterocycles. The lowest BCUT2D eigenvalue weighted by molar-refractivity contribution is -0.116. The van der Waals surface area contributed by atoms with Crippen LogP contribution in [0.4, 0.5) is 5.13 Å². The molecule has 1 heterocycles. The van der Waals surface area contributed by atoms with Gasteiger partial charge in [0.15, 0.2) is 10.9 Å². The molecule has 0 unspecified atom stereocenters. The fourth-order valence-corrected chi connectivity index (χ4v) is 4.89. The molecular weight excluding hydrogens is 484 g/mol. The van der Waals surface area contributed by atoms with Crippen LogP contribution in [0.3, 0.4) is 0 Å². The molecule has 0 aliphatic rings. The molecule has 1 aromatic heterocycles. The number of ether oxygens (including phenoxy) is 2. The molecule has 6 nitrogen and oxygen atoms in total. The highest BCUT2D eigenvalue weighted by Crippen LogP contribution is 2.33. The minimum Gasteiger partial charge on any atom is -0.494 e. The summed E-state index contributed by atoms with van der Waals surface area (Å²) in [7, 11) is 0. The molecule has 0 aliphatic carbocycles. The van der Waals surface area contributed by atoms with Gasteiger partial charge in [-0.2, -0.15) is 0 Å². The Labute approximate surface area is 221 Å². The van der Waals surface area contributed by atoms with Crippen LogP contribution in [0.25, 0.3) is 11.3 Å². The van der Waals surface area contributed by atoms with E-state index in [1.165, 1.54) is 11.3 Å². The van der Waals surface area contributed by atoms with Gasteiger partial charge in [-0.1, -0.05) is 31.5 Å². The number of carbonyl (C=O) groups is 2. The molecule has 0 fully saturated rings. The van der Waals surface area contributed by atoms with Crippen LogP contribution in [-0.2, 0) is 11.2 Å². The maximum absolute atomic E-state index is 12.6. The number of Topliss-reactive ketones (excluding diaryl/α,β-unsaturated/α-hetero) is 1. The van der Waals surface area contributed by atoms with Crippen LogP contribution in [-0.4, -0.2) is 23.3 Å². The van der Waals surface area contributed by atoms with Gasteiger partial charge in [0.1, 0.15) is 17.2 Å². The standard InChI is InChI=1S/C30H30N2O4S/c1-3-8-27-29(22-13-15-23(16-14-22)35-4-2)32-30(37-27)31-28(34)20-19-26(33)21-11-17-25(18-12-21)36-24-9-6-5-7-10-24/h5-7,9-18H,3-4,8,19-20H2,1-2H3,(H,31,32,34). The first kappa shape index (κ1) is 26.1. The number of hydrogen-bond donors (Lipinski definition) is 1. The molecule has 1 N–H and O–H groups in total. The molecule has 0 aliphatic heterocycles. The number of aryl methyl sites for hydroxylation is 1. The van der Waals surface area contributed by atoms with Gasteiger partial charge in [-0.05, 0) is 74.0 Å². The van der Waals surface area contributed by atoms with E-state index in [1.54, 1.807) is 24.3 Å². The molecule has 37 heavy (non-hydrogen) atoms. The minimum atomic E-state index is -0.229. The average Bonchev–Trinajstić information content (AvgIpc) is 3.31. The van der Waals surface area contributed by atoms with E-state index < -0.39 is 0 Å². The summed E-state index contributed by atoms with van der Waals surface area (Å²) < 4.78 is 11.3. The second-order valence-corrected chi connectivity index (χ2v) is 9.49. The average molecular weight is 515 g/mol. The number of nitrogens with one attached hydrogen (secondary N) is 1. The lowest BCUT2D eigenvalue weighted by Crippen LogP contribution is -2.13. The number of anilines is 1. The number of carbonyl (C=O) groups excluding carboxylic acids is 2. The van der Waals surface area contributed by atoms with Gasteiger partial charge in [-0.3, -0.25) is 9.59 Å². The molecule has 0 spiro atoms. The Hall–Kier alpha value is -3.97. The van der Waals surface area contributed by atoms with Gasteiger partial charge >= 0.3 is 0 Å². The summed E-state index contributed by atoms with van der Waals surface area (Å²) >= 11 is 1.48. The number of nitrogens with zero attached hydrogens (tertiary/aromatic N) is 1. The summed E-state index contributed by atoms with van der Waals surface area (Å²) in [5.74, 6) is 1.87. The topological polar surface area (TPSA) is 77.5 Å². The highest BCUT2D eigenvalue weighted by molar-refractivity contribution is 7.16. The summed E-state index contributed by atoms with van der Waals surface area (Å²) in [6, 6.07) is 24.2. The predicted molar refractivity (Wildman–Crippen MR) is 148 cm³/mol. The van der Waals surface area contributed by atoms with E-state index >= 15 is 0 Å². The van der Waals surface area contributed by atoms with E-state index in [0.717, 1.165) is 40.5 Å². The van der Waals surface area contributed by atoms with Crippen molar-refractivity contribution in [2.75, 3.05) is 11.9 Å². The van der Waals surface area contributed by atoms with E-state index in [-0.39, 0.29) is 24.5 Å². The van der Waals surface area contributed by atoms with Gasteiger partial charge in [0, 0.05) is 28.8 Å². The van der Waals surface area contributed by atoms with E-state index in [4.69, 9.17) is 14.5 Å². The van der Waals surface area contributed by atoms with Crippen molar-refractivity contribution in [2.24, 2.45) is 0 Å². The van der Waals surface area contributed by atoms with Crippen LogP contribution in [0.1, 0.15) is 48.3 Å². The summed E-state index contributed by atoms with van der Waals surface area (Å²) in [5.41, 5.74) is 2.41. The normalized spacial score (nSPS) is 10.6. The summed E-state index contributed by atoms with van der Waals surface area (Å²) in [6.07, 6.45) is 2.05. The Bertz CT molecular complexity index is 1320. The van der Waals surface area contributed by atoms with Crippen LogP contribution in [0.5, 0.6) is 17.2 Å². The van der Waals surface area contributed by atoms with E-state index in [1.807, 2.05) is 61.5 Å². The highest BCUT2D eigenvalue weighted by atomic mass is 32.1. The van der Waals surface area contributed by atoms with E-state index in [0.29, 0.717) is 23.1 Å². The number of thiazole rings is 1. The Morgan fingerprint density at radius 3 is 2.19 bits per heavy atom. The lowest BCUT2D eigenvalue weighted by atomic mass is 10.1. The van der Waals surface area contributed by atoms with Gasteiger partial charge in [0.05, 0.1) is 12.3 Å². The highest BCUT2D eigenvalue weighted by Gasteiger charge is 2.16. The Kier molecular flexibility index (Phi) is 9.05. The molecular formula is C30H30N2O4S. The zero-order valence-electron chi connectivity index (χ0n) is 21.0. The quantitative estimate of drug-likeness (QED) is 0.197. The Morgan fingerprint density at radius 1 is 0.838 bits per heavy atom. The number of benzene rings is 3. The van der Waals surface area contributed by atoms with E-state index in [9.17, 15) is 9.59 Å². The smallest absolute Gasteiger partial charge is 0.226 e. The zero-order valence-corrected chi connectivity index (χ0v) is 21.8. The Morgan fingerprint density at radius 2 is 1.51 bits per heavy atom. The third kappa shape index (κ3) is 7.27. The number of rotatable bonds is 12. The van der Waals surface area contributed by atoms with Crippen molar-refractivity contribution in [3.8, 4) is 28.5 Å². The van der Waals surface area contributed by atoms with Gasteiger partial charge in [0.25, 0.3) is 0 Å². The fourth-order valence-electron chi connectivity index (χ4n) is 3.79.